The smallest absolute Gasteiger partial charge is 0.411 e. The van der Waals surface area contributed by atoms with Gasteiger partial charge in [0.25, 0.3) is 0 Å². The van der Waals surface area contributed by atoms with Gasteiger partial charge in [0.05, 0.1) is 25.3 Å². The highest BCUT2D eigenvalue weighted by Gasteiger charge is 2.29. The maximum absolute atomic E-state index is 12.3. The predicted octanol–water partition coefficient (Wildman–Crippen LogP) is 2.24. The van der Waals surface area contributed by atoms with Gasteiger partial charge in [0.1, 0.15) is 29.8 Å². The summed E-state index contributed by atoms with van der Waals surface area (Å²) < 4.78 is 43.2. The lowest BCUT2D eigenvalue weighted by atomic mass is 9.99. The molecule has 0 radical (unpaired) electrons. The van der Waals surface area contributed by atoms with Crippen molar-refractivity contribution in [3.05, 3.63) is 24.8 Å². The molecule has 0 aromatic carbocycles. The molecule has 0 amide bonds. The molecule has 1 aliphatic heterocycles. The first-order valence-electron chi connectivity index (χ1n) is 10.2. The zero-order chi connectivity index (χ0) is 23.4. The summed E-state index contributed by atoms with van der Waals surface area (Å²) in [5.74, 6) is -0.284. The molecule has 0 saturated carbocycles. The molecule has 1 aliphatic rings. The molecule has 33 heavy (non-hydrogen) atoms. The number of nitrogens with one attached hydrogen (secondary N) is 1. The zero-order valence-electron chi connectivity index (χ0n) is 17.4. The molecule has 0 spiro atoms. The van der Waals surface area contributed by atoms with Crippen LogP contribution in [0, 0.1) is 5.92 Å². The fraction of sp³-hybridized carbons (Fsp3) is 0.474. The van der Waals surface area contributed by atoms with E-state index in [9.17, 15) is 23.1 Å². The second-order valence-electron chi connectivity index (χ2n) is 7.48. The molecule has 0 aliphatic carbocycles. The molecule has 11 nitrogen and oxygen atoms in total. The Labute approximate surface area is 185 Å². The second kappa shape index (κ2) is 9.52. The van der Waals surface area contributed by atoms with Crippen LogP contribution in [0.15, 0.2) is 24.8 Å². The Morgan fingerprint density at radius 1 is 1.33 bits per heavy atom. The van der Waals surface area contributed by atoms with Gasteiger partial charge in [-0.25, -0.2) is 15.0 Å². The molecule has 1 saturated heterocycles. The van der Waals surface area contributed by atoms with Crippen molar-refractivity contribution in [2.24, 2.45) is 5.92 Å². The number of carbonyl (C=O) groups is 1. The number of fused-ring (bicyclic) bond motifs is 1. The minimum absolute atomic E-state index is 0.0472. The van der Waals surface area contributed by atoms with Crippen molar-refractivity contribution in [2.45, 2.75) is 25.6 Å². The van der Waals surface area contributed by atoms with Gasteiger partial charge in [-0.05, 0) is 18.9 Å². The summed E-state index contributed by atoms with van der Waals surface area (Å²) in [6.07, 6.45) is 1.23. The number of rotatable bonds is 8. The lowest BCUT2D eigenvalue weighted by Gasteiger charge is -2.30. The number of piperidine rings is 1. The molecule has 0 unspecified atom stereocenters. The maximum Gasteiger partial charge on any atom is 0.411 e. The highest BCUT2D eigenvalue weighted by atomic mass is 19.4. The molecule has 176 valence electrons. The topological polar surface area (TPSA) is 131 Å². The van der Waals surface area contributed by atoms with Crippen molar-refractivity contribution in [3.8, 4) is 0 Å². The summed E-state index contributed by atoms with van der Waals surface area (Å²) in [6, 6.07) is 1.63. The van der Waals surface area contributed by atoms with E-state index in [4.69, 9.17) is 4.74 Å². The van der Waals surface area contributed by atoms with E-state index >= 15 is 0 Å². The fourth-order valence-electron chi connectivity index (χ4n) is 3.57. The standard InChI is InChI=1S/C19H21F3N8O3/c20-19(21,22)10-33-7-6-30-15-13(8-25-30)26-18(29-5-1-2-12(9-29)17(31)32)28-16(15)27-14-3-4-23-11-24-14/h3-4,8,11-12H,1-2,5-7,9-10H2,(H,31,32)(H,23,24,26,27,28)/t12-/m1/s1. The summed E-state index contributed by atoms with van der Waals surface area (Å²) in [6.45, 7) is -0.642. The van der Waals surface area contributed by atoms with Gasteiger partial charge in [-0.2, -0.15) is 23.3 Å². The van der Waals surface area contributed by atoms with Gasteiger partial charge in [0.2, 0.25) is 5.95 Å². The Morgan fingerprint density at radius 3 is 2.91 bits per heavy atom. The average Bonchev–Trinajstić information content (AvgIpc) is 3.20. The molecule has 3 aromatic rings. The minimum Gasteiger partial charge on any atom is -0.481 e. The van der Waals surface area contributed by atoms with E-state index in [1.54, 1.807) is 17.2 Å². The van der Waals surface area contributed by atoms with E-state index in [0.29, 0.717) is 48.0 Å². The number of aromatic nitrogens is 6. The van der Waals surface area contributed by atoms with Crippen LogP contribution in [-0.2, 0) is 16.1 Å². The summed E-state index contributed by atoms with van der Waals surface area (Å²) in [5.41, 5.74) is 0.907. The van der Waals surface area contributed by atoms with Crippen LogP contribution in [-0.4, -0.2) is 73.3 Å². The predicted molar refractivity (Wildman–Crippen MR) is 110 cm³/mol. The Kier molecular flexibility index (Phi) is 6.53. The van der Waals surface area contributed by atoms with Crippen LogP contribution in [0.5, 0.6) is 0 Å². The number of aliphatic carboxylic acids is 1. The summed E-state index contributed by atoms with van der Waals surface area (Å²) >= 11 is 0. The molecule has 0 bridgehead atoms. The first kappa shape index (κ1) is 22.6. The van der Waals surface area contributed by atoms with E-state index in [1.807, 2.05) is 0 Å². The third kappa shape index (κ3) is 5.63. The van der Waals surface area contributed by atoms with Crippen LogP contribution in [0.2, 0.25) is 0 Å². The van der Waals surface area contributed by atoms with Crippen molar-refractivity contribution in [1.82, 2.24) is 29.7 Å². The first-order chi connectivity index (χ1) is 15.8. The summed E-state index contributed by atoms with van der Waals surface area (Å²) in [5, 5.41) is 16.7. The normalized spacial score (nSPS) is 16.8. The summed E-state index contributed by atoms with van der Waals surface area (Å²) in [4.78, 5) is 30.4. The molecule has 1 fully saturated rings. The van der Waals surface area contributed by atoms with Gasteiger partial charge in [0, 0.05) is 19.3 Å². The number of ether oxygens (including phenoxy) is 1. The van der Waals surface area contributed by atoms with Crippen molar-refractivity contribution in [2.75, 3.05) is 36.5 Å². The first-order valence-corrected chi connectivity index (χ1v) is 10.2. The van der Waals surface area contributed by atoms with Gasteiger partial charge in [0.15, 0.2) is 5.82 Å². The lowest BCUT2D eigenvalue weighted by Crippen LogP contribution is -2.39. The van der Waals surface area contributed by atoms with Crippen molar-refractivity contribution in [3.63, 3.8) is 0 Å². The van der Waals surface area contributed by atoms with Crippen LogP contribution >= 0.6 is 0 Å². The van der Waals surface area contributed by atoms with Gasteiger partial charge in [-0.1, -0.05) is 0 Å². The van der Waals surface area contributed by atoms with Gasteiger partial charge >= 0.3 is 12.1 Å². The Hall–Kier alpha value is -3.55. The molecule has 2 N–H and O–H groups in total. The molecular weight excluding hydrogens is 445 g/mol. The number of nitrogens with zero attached hydrogens (tertiary/aromatic N) is 7. The largest absolute Gasteiger partial charge is 0.481 e. The minimum atomic E-state index is -4.41. The third-order valence-corrected chi connectivity index (χ3v) is 5.07. The van der Waals surface area contributed by atoms with Crippen LogP contribution in [0.3, 0.4) is 0 Å². The lowest BCUT2D eigenvalue weighted by molar-refractivity contribution is -0.174. The fourth-order valence-corrected chi connectivity index (χ4v) is 3.57. The van der Waals surface area contributed by atoms with E-state index in [-0.39, 0.29) is 19.7 Å². The number of carboxylic acid groups (broad SMARTS) is 1. The molecule has 14 heteroatoms. The highest BCUT2D eigenvalue weighted by Crippen LogP contribution is 2.28. The van der Waals surface area contributed by atoms with Crippen molar-refractivity contribution >= 4 is 34.6 Å². The van der Waals surface area contributed by atoms with E-state index in [2.05, 4.69) is 30.4 Å². The number of alkyl halides is 3. The van der Waals surface area contributed by atoms with Gasteiger partial charge in [-0.15, -0.1) is 0 Å². The SMILES string of the molecule is O=C(O)[C@@H]1CCCN(c2nc(Nc3ccncn3)c3c(cnn3CCOCC(F)(F)F)n2)C1. The Bertz CT molecular complexity index is 1110. The number of anilines is 3. The molecule has 4 rings (SSSR count). The maximum atomic E-state index is 12.3. The number of carboxylic acids is 1. The molecule has 4 heterocycles. The van der Waals surface area contributed by atoms with E-state index in [1.165, 1.54) is 17.2 Å². The number of halogens is 3. The Morgan fingerprint density at radius 2 is 2.18 bits per heavy atom. The van der Waals surface area contributed by atoms with Crippen LogP contribution in [0.4, 0.5) is 30.8 Å². The van der Waals surface area contributed by atoms with Crippen molar-refractivity contribution in [1.29, 1.82) is 0 Å². The zero-order valence-corrected chi connectivity index (χ0v) is 17.4. The molecular formula is C19H21F3N8O3. The molecule has 1 atom stereocenters. The highest BCUT2D eigenvalue weighted by molar-refractivity contribution is 5.88. The van der Waals surface area contributed by atoms with Crippen molar-refractivity contribution < 1.29 is 27.8 Å². The Balaban J connectivity index is 1.64. The number of hydrogen-bond donors (Lipinski definition) is 2. The van der Waals surface area contributed by atoms with E-state index in [0.717, 1.165) is 0 Å². The van der Waals surface area contributed by atoms with Crippen LogP contribution in [0.1, 0.15) is 12.8 Å². The average molecular weight is 466 g/mol. The monoisotopic (exact) mass is 466 g/mol. The van der Waals surface area contributed by atoms with Gasteiger partial charge < -0.3 is 20.1 Å². The number of hydrogen-bond acceptors (Lipinski definition) is 9. The summed E-state index contributed by atoms with van der Waals surface area (Å²) in [7, 11) is 0. The van der Waals surface area contributed by atoms with E-state index < -0.39 is 24.7 Å². The van der Waals surface area contributed by atoms with Gasteiger partial charge in [-0.3, -0.25) is 9.48 Å². The van der Waals surface area contributed by atoms with Crippen LogP contribution in [0.25, 0.3) is 11.0 Å². The van der Waals surface area contributed by atoms with Crippen LogP contribution < -0.4 is 10.2 Å². The second-order valence-corrected chi connectivity index (χ2v) is 7.48. The quantitative estimate of drug-likeness (QED) is 0.477. The molecule has 3 aromatic heterocycles. The third-order valence-electron chi connectivity index (χ3n) is 5.07.